The molecule has 0 radical (unpaired) electrons. The number of hydrogen-bond acceptors (Lipinski definition) is 0. The fraction of sp³-hybridized carbons (Fsp3) is 0.667. The van der Waals surface area contributed by atoms with Crippen molar-refractivity contribution in [2.45, 2.75) is 64.5 Å². The molecule has 0 unspecified atom stereocenters. The fourth-order valence-corrected chi connectivity index (χ4v) is 7.24. The van der Waals surface area contributed by atoms with Crippen LogP contribution in [0.4, 0.5) is 0 Å². The van der Waals surface area contributed by atoms with Gasteiger partial charge in [-0.1, -0.05) is 86.3 Å². The van der Waals surface area contributed by atoms with E-state index in [2.05, 4.69) is 88.9 Å². The Bertz CT molecular complexity index is 891. The van der Waals surface area contributed by atoms with Gasteiger partial charge in [-0.2, -0.15) is 0 Å². The van der Waals surface area contributed by atoms with Crippen molar-refractivity contribution in [1.29, 1.82) is 0 Å². The van der Waals surface area contributed by atoms with E-state index in [-0.39, 0.29) is 0 Å². The minimum atomic E-state index is 1.19. The van der Waals surface area contributed by atoms with Gasteiger partial charge in [0.15, 0.2) is 0 Å². The van der Waals surface area contributed by atoms with Crippen LogP contribution in [0.2, 0.25) is 0 Å². The zero-order valence-electron chi connectivity index (χ0n) is 26.7. The second-order valence-corrected chi connectivity index (χ2v) is 14.8. The van der Waals surface area contributed by atoms with E-state index in [0.717, 1.165) is 0 Å². The maximum atomic E-state index is 2.51. The summed E-state index contributed by atoms with van der Waals surface area (Å²) < 4.78 is 5.01. The van der Waals surface area contributed by atoms with Gasteiger partial charge in [0.1, 0.15) is 65.4 Å². The van der Waals surface area contributed by atoms with E-state index in [0.29, 0.717) is 0 Å². The molecule has 0 amide bonds. The van der Waals surface area contributed by atoms with Gasteiger partial charge in [-0.05, 0) is 25.7 Å². The molecule has 0 N–H and O–H groups in total. The third-order valence-electron chi connectivity index (χ3n) is 10.7. The smallest absolute Gasteiger partial charge is 0.129 e. The molecule has 2 aliphatic heterocycles. The summed E-state index contributed by atoms with van der Waals surface area (Å²) in [5, 5.41) is 0. The number of quaternary nitrogens is 4. The number of unbranched alkanes of at least 4 members (excludes halogenated alkanes) is 7. The summed E-state index contributed by atoms with van der Waals surface area (Å²) in [6.07, 6.45) is 11.4. The number of hydrogen-bond donors (Lipinski definition) is 0. The number of piperazine rings is 2. The van der Waals surface area contributed by atoms with Crippen LogP contribution >= 0.6 is 0 Å². The molecule has 2 aromatic carbocycles. The quantitative estimate of drug-likeness (QED) is 0.180. The van der Waals surface area contributed by atoms with Crippen molar-refractivity contribution in [3.8, 4) is 0 Å². The molecule has 0 saturated carbocycles. The van der Waals surface area contributed by atoms with Crippen molar-refractivity contribution >= 4 is 0 Å². The van der Waals surface area contributed by atoms with E-state index in [1.54, 1.807) is 0 Å². The molecule has 0 spiro atoms. The topological polar surface area (TPSA) is 0 Å². The summed E-state index contributed by atoms with van der Waals surface area (Å²) in [6, 6.07) is 22.2. The van der Waals surface area contributed by atoms with Gasteiger partial charge in [0.25, 0.3) is 0 Å². The lowest BCUT2D eigenvalue weighted by atomic mass is 10.1. The van der Waals surface area contributed by atoms with Gasteiger partial charge in [0.2, 0.25) is 0 Å². The maximum absolute atomic E-state index is 2.51. The van der Waals surface area contributed by atoms with Crippen LogP contribution in [0, 0.1) is 0 Å². The zero-order valence-corrected chi connectivity index (χ0v) is 26.7. The van der Waals surface area contributed by atoms with Crippen LogP contribution in [0.15, 0.2) is 60.7 Å². The normalized spacial score (nSPS) is 30.8. The number of rotatable bonds is 15. The highest BCUT2D eigenvalue weighted by Crippen LogP contribution is 2.22. The lowest BCUT2D eigenvalue weighted by Crippen LogP contribution is -2.63. The largest absolute Gasteiger partial charge is 0.317 e. The van der Waals surface area contributed by atoms with Crippen LogP contribution in [0.25, 0.3) is 0 Å². The second-order valence-electron chi connectivity index (χ2n) is 14.8. The highest BCUT2D eigenvalue weighted by Gasteiger charge is 2.37. The van der Waals surface area contributed by atoms with Crippen LogP contribution < -0.4 is 0 Å². The third kappa shape index (κ3) is 9.98. The summed E-state index contributed by atoms with van der Waals surface area (Å²) in [4.78, 5) is 0. The molecule has 2 aromatic rings. The van der Waals surface area contributed by atoms with Crippen molar-refractivity contribution in [3.63, 3.8) is 0 Å². The molecule has 4 nitrogen and oxygen atoms in total. The van der Waals surface area contributed by atoms with Crippen LogP contribution in [0.5, 0.6) is 0 Å². The molecule has 0 aliphatic carbocycles. The van der Waals surface area contributed by atoms with E-state index in [1.807, 2.05) is 0 Å². The van der Waals surface area contributed by atoms with E-state index in [4.69, 9.17) is 0 Å². The van der Waals surface area contributed by atoms with Gasteiger partial charge < -0.3 is 17.9 Å². The average molecular weight is 551 g/mol. The first-order chi connectivity index (χ1) is 19.2. The standard InChI is InChI=1S/C36H62N4/c1-37(25-29-39(3,30-26-37)33-35-19-13-11-14-20-35)23-17-9-7-5-6-8-10-18-24-38(2)27-31-40(4,32-28-38)34-36-21-15-12-16-22-36/h11-16,19-22H,5-10,17-18,23-34H2,1-4H3/q+4. The minimum absolute atomic E-state index is 1.19. The predicted octanol–water partition coefficient (Wildman–Crippen LogP) is 6.32. The first kappa shape index (κ1) is 31.2. The SMILES string of the molecule is C[N+]1(CCCCCCCCCC[N+]2(C)CC[N+](C)(Cc3ccccc3)CC2)CC[N+](C)(Cc2ccccc2)CC1. The molecular weight excluding hydrogens is 488 g/mol. The summed E-state index contributed by atoms with van der Waals surface area (Å²) >= 11 is 0. The molecule has 222 valence electrons. The summed E-state index contributed by atoms with van der Waals surface area (Å²) in [5.74, 6) is 0. The fourth-order valence-electron chi connectivity index (χ4n) is 7.24. The van der Waals surface area contributed by atoms with Gasteiger partial charge in [-0.25, -0.2) is 0 Å². The van der Waals surface area contributed by atoms with Crippen LogP contribution in [-0.2, 0) is 13.1 Å². The summed E-state index contributed by atoms with van der Waals surface area (Å²) in [5.41, 5.74) is 2.98. The monoisotopic (exact) mass is 550 g/mol. The number of nitrogens with zero attached hydrogens (tertiary/aromatic N) is 4. The van der Waals surface area contributed by atoms with E-state index >= 15 is 0 Å². The number of likely N-dealkylation sites (N-methyl/N-ethyl adjacent to an activating group) is 4. The highest BCUT2D eigenvalue weighted by atomic mass is 15.5. The van der Waals surface area contributed by atoms with Crippen molar-refractivity contribution in [2.24, 2.45) is 0 Å². The average Bonchev–Trinajstić information content (AvgIpc) is 2.95. The second kappa shape index (κ2) is 14.4. The molecular formula is C36H62N4+4. The zero-order chi connectivity index (χ0) is 28.4. The Labute approximate surface area is 247 Å². The van der Waals surface area contributed by atoms with Gasteiger partial charge in [-0.3, -0.25) is 0 Å². The first-order valence-electron chi connectivity index (χ1n) is 16.6. The van der Waals surface area contributed by atoms with Crippen LogP contribution in [-0.4, -0.2) is 112 Å². The molecule has 40 heavy (non-hydrogen) atoms. The van der Waals surface area contributed by atoms with Crippen molar-refractivity contribution in [1.82, 2.24) is 0 Å². The number of benzene rings is 2. The molecule has 2 heterocycles. The van der Waals surface area contributed by atoms with Crippen molar-refractivity contribution in [3.05, 3.63) is 71.8 Å². The van der Waals surface area contributed by atoms with Crippen molar-refractivity contribution in [2.75, 3.05) is 93.6 Å². The van der Waals surface area contributed by atoms with Gasteiger partial charge >= 0.3 is 0 Å². The Morgan fingerprint density at radius 3 is 0.975 bits per heavy atom. The van der Waals surface area contributed by atoms with E-state index in [1.165, 1.54) is 159 Å². The molecule has 2 aliphatic rings. The van der Waals surface area contributed by atoms with E-state index < -0.39 is 0 Å². The van der Waals surface area contributed by atoms with Crippen molar-refractivity contribution < 1.29 is 17.9 Å². The molecule has 4 heteroatoms. The molecule has 2 saturated heterocycles. The van der Waals surface area contributed by atoms with Crippen LogP contribution in [0.1, 0.15) is 62.5 Å². The Morgan fingerprint density at radius 2 is 0.650 bits per heavy atom. The van der Waals surface area contributed by atoms with E-state index in [9.17, 15) is 0 Å². The van der Waals surface area contributed by atoms with Gasteiger partial charge in [-0.15, -0.1) is 0 Å². The third-order valence-corrected chi connectivity index (χ3v) is 10.7. The van der Waals surface area contributed by atoms with Gasteiger partial charge in [0.05, 0.1) is 41.3 Å². The lowest BCUT2D eigenvalue weighted by molar-refractivity contribution is -1.02. The maximum Gasteiger partial charge on any atom is 0.129 e. The van der Waals surface area contributed by atoms with Gasteiger partial charge in [0, 0.05) is 11.1 Å². The minimum Gasteiger partial charge on any atom is -0.317 e. The molecule has 2 fully saturated rings. The first-order valence-corrected chi connectivity index (χ1v) is 16.6. The molecule has 0 atom stereocenters. The summed E-state index contributed by atoms with van der Waals surface area (Å²) in [7, 11) is 9.96. The lowest BCUT2D eigenvalue weighted by Gasteiger charge is -2.46. The Kier molecular flexibility index (Phi) is 11.3. The Hall–Kier alpha value is -1.72. The summed E-state index contributed by atoms with van der Waals surface area (Å²) in [6.45, 7) is 15.8. The van der Waals surface area contributed by atoms with Crippen LogP contribution in [0.3, 0.4) is 0 Å². The highest BCUT2D eigenvalue weighted by molar-refractivity contribution is 5.14. The molecule has 0 bridgehead atoms. The molecule has 4 rings (SSSR count). The Morgan fingerprint density at radius 1 is 0.375 bits per heavy atom. The predicted molar refractivity (Wildman–Crippen MR) is 171 cm³/mol. The molecule has 0 aromatic heterocycles. The Balaban J connectivity index is 0.996.